The van der Waals surface area contributed by atoms with E-state index in [-0.39, 0.29) is 30.4 Å². The molecule has 0 saturated carbocycles. The third-order valence-electron chi connectivity index (χ3n) is 4.50. The molecule has 1 fully saturated rings. The molecule has 0 unspecified atom stereocenters. The van der Waals surface area contributed by atoms with E-state index in [0.717, 1.165) is 0 Å². The van der Waals surface area contributed by atoms with E-state index < -0.39 is 21.9 Å². The summed E-state index contributed by atoms with van der Waals surface area (Å²) in [6, 6.07) is 11.7. The Bertz CT molecular complexity index is 892. The number of ether oxygens (including phenoxy) is 1. The molecular formula is C19H20N2O5S. The topological polar surface area (TPSA) is 93.6 Å². The third-order valence-corrected chi connectivity index (χ3v) is 6.38. The fourth-order valence-electron chi connectivity index (χ4n) is 2.94. The summed E-state index contributed by atoms with van der Waals surface area (Å²) in [4.78, 5) is 28.2. The number of nitrogens with zero attached hydrogens (tertiary/aromatic N) is 2. The maximum Gasteiger partial charge on any atom is 0.309 e. The SMILES string of the molecule is O=C(COC(=O)C1CCN(S(=O)(=O)c2cccnc2)CC1)c1ccccc1. The first-order valence-electron chi connectivity index (χ1n) is 8.63. The van der Waals surface area contributed by atoms with Crippen LogP contribution in [0, 0.1) is 5.92 Å². The quantitative estimate of drug-likeness (QED) is 0.554. The van der Waals surface area contributed by atoms with Crippen LogP contribution in [-0.2, 0) is 19.6 Å². The van der Waals surface area contributed by atoms with Gasteiger partial charge in [-0.3, -0.25) is 14.6 Å². The lowest BCUT2D eigenvalue weighted by molar-refractivity contribution is -0.148. The Morgan fingerprint density at radius 3 is 2.41 bits per heavy atom. The van der Waals surface area contributed by atoms with Crippen LogP contribution in [0.15, 0.2) is 59.8 Å². The summed E-state index contributed by atoms with van der Waals surface area (Å²) >= 11 is 0. The Hall–Kier alpha value is -2.58. The zero-order chi connectivity index (χ0) is 19.3. The maximum atomic E-state index is 12.6. The predicted octanol–water partition coefficient (Wildman–Crippen LogP) is 1.91. The molecule has 0 atom stereocenters. The molecule has 0 N–H and O–H groups in total. The summed E-state index contributed by atoms with van der Waals surface area (Å²) < 4.78 is 31.6. The number of aromatic nitrogens is 1. The van der Waals surface area contributed by atoms with Crippen LogP contribution in [0.1, 0.15) is 23.2 Å². The molecule has 8 heteroatoms. The average Bonchev–Trinajstić information content (AvgIpc) is 2.73. The van der Waals surface area contributed by atoms with E-state index in [4.69, 9.17) is 4.74 Å². The monoisotopic (exact) mass is 388 g/mol. The van der Waals surface area contributed by atoms with Gasteiger partial charge < -0.3 is 4.74 Å². The number of Topliss-reactive ketones (excluding diaryl/α,β-unsaturated/α-hetero) is 1. The van der Waals surface area contributed by atoms with Crippen LogP contribution >= 0.6 is 0 Å². The minimum absolute atomic E-state index is 0.138. The largest absolute Gasteiger partial charge is 0.457 e. The lowest BCUT2D eigenvalue weighted by Crippen LogP contribution is -2.40. The van der Waals surface area contributed by atoms with Gasteiger partial charge in [0.15, 0.2) is 12.4 Å². The lowest BCUT2D eigenvalue weighted by atomic mass is 9.98. The molecule has 2 aromatic rings. The van der Waals surface area contributed by atoms with Gasteiger partial charge in [0.05, 0.1) is 5.92 Å². The van der Waals surface area contributed by atoms with E-state index in [2.05, 4.69) is 4.98 Å². The van der Waals surface area contributed by atoms with Crippen molar-refractivity contribution >= 4 is 21.8 Å². The minimum atomic E-state index is -3.61. The molecular weight excluding hydrogens is 368 g/mol. The van der Waals surface area contributed by atoms with Crippen molar-refractivity contribution in [1.29, 1.82) is 0 Å². The average molecular weight is 388 g/mol. The van der Waals surface area contributed by atoms with Gasteiger partial charge >= 0.3 is 5.97 Å². The predicted molar refractivity (Wildman–Crippen MR) is 97.5 cm³/mol. The fraction of sp³-hybridized carbons (Fsp3) is 0.316. The highest BCUT2D eigenvalue weighted by Gasteiger charge is 2.33. The number of ketones is 1. The van der Waals surface area contributed by atoms with Crippen molar-refractivity contribution in [2.24, 2.45) is 5.92 Å². The molecule has 7 nitrogen and oxygen atoms in total. The number of benzene rings is 1. The second kappa shape index (κ2) is 8.41. The Morgan fingerprint density at radius 1 is 1.07 bits per heavy atom. The molecule has 27 heavy (non-hydrogen) atoms. The normalized spacial score (nSPS) is 16.0. The zero-order valence-corrected chi connectivity index (χ0v) is 15.5. The molecule has 1 aromatic carbocycles. The Balaban J connectivity index is 1.51. The molecule has 0 radical (unpaired) electrons. The molecule has 142 valence electrons. The summed E-state index contributed by atoms with van der Waals surface area (Å²) in [6.07, 6.45) is 3.54. The first-order valence-corrected chi connectivity index (χ1v) is 10.1. The van der Waals surface area contributed by atoms with Crippen LogP contribution < -0.4 is 0 Å². The second-order valence-corrected chi connectivity index (χ2v) is 8.20. The summed E-state index contributed by atoms with van der Waals surface area (Å²) in [5.74, 6) is -1.13. The number of sulfonamides is 1. The van der Waals surface area contributed by atoms with Crippen molar-refractivity contribution in [1.82, 2.24) is 9.29 Å². The van der Waals surface area contributed by atoms with Crippen molar-refractivity contribution in [3.05, 3.63) is 60.4 Å². The van der Waals surface area contributed by atoms with Crippen molar-refractivity contribution in [3.63, 3.8) is 0 Å². The van der Waals surface area contributed by atoms with Gasteiger partial charge in [0.25, 0.3) is 0 Å². The number of esters is 1. The summed E-state index contributed by atoms with van der Waals surface area (Å²) in [7, 11) is -3.61. The van der Waals surface area contributed by atoms with Crippen molar-refractivity contribution in [3.8, 4) is 0 Å². The van der Waals surface area contributed by atoms with Crippen molar-refractivity contribution in [2.75, 3.05) is 19.7 Å². The molecule has 0 bridgehead atoms. The Morgan fingerprint density at radius 2 is 1.78 bits per heavy atom. The van der Waals surface area contributed by atoms with E-state index in [1.54, 1.807) is 36.4 Å². The van der Waals surface area contributed by atoms with Gasteiger partial charge in [-0.25, -0.2) is 8.42 Å². The smallest absolute Gasteiger partial charge is 0.309 e. The molecule has 2 heterocycles. The highest BCUT2D eigenvalue weighted by Crippen LogP contribution is 2.24. The van der Waals surface area contributed by atoms with Gasteiger partial charge in [-0.2, -0.15) is 4.31 Å². The number of pyridine rings is 1. The summed E-state index contributed by atoms with van der Waals surface area (Å²) in [5.41, 5.74) is 0.489. The highest BCUT2D eigenvalue weighted by molar-refractivity contribution is 7.89. The summed E-state index contributed by atoms with van der Waals surface area (Å²) in [6.45, 7) is 0.143. The van der Waals surface area contributed by atoms with Gasteiger partial charge in [-0.1, -0.05) is 30.3 Å². The first-order chi connectivity index (χ1) is 13.0. The Labute approximate surface area is 158 Å². The zero-order valence-electron chi connectivity index (χ0n) is 14.7. The molecule has 3 rings (SSSR count). The van der Waals surface area contributed by atoms with E-state index in [9.17, 15) is 18.0 Å². The Kier molecular flexibility index (Phi) is 5.98. The van der Waals surface area contributed by atoms with E-state index in [0.29, 0.717) is 18.4 Å². The van der Waals surface area contributed by atoms with Crippen LogP contribution in [0.5, 0.6) is 0 Å². The second-order valence-electron chi connectivity index (χ2n) is 6.26. The number of piperidine rings is 1. The van der Waals surface area contributed by atoms with Gasteiger partial charge in [-0.05, 0) is 25.0 Å². The number of rotatable bonds is 6. The molecule has 0 amide bonds. The van der Waals surface area contributed by atoms with Crippen molar-refractivity contribution < 1.29 is 22.7 Å². The number of carbonyl (C=O) groups is 2. The third kappa shape index (κ3) is 4.58. The van der Waals surface area contributed by atoms with Gasteiger partial charge in [0.1, 0.15) is 4.90 Å². The first kappa shape index (κ1) is 19.2. The molecule has 1 aliphatic rings. The van der Waals surface area contributed by atoms with Gasteiger partial charge in [0, 0.05) is 31.0 Å². The summed E-state index contributed by atoms with van der Waals surface area (Å²) in [5, 5.41) is 0. The fourth-order valence-corrected chi connectivity index (χ4v) is 4.38. The molecule has 1 aromatic heterocycles. The number of hydrogen-bond donors (Lipinski definition) is 0. The van der Waals surface area contributed by atoms with Crippen molar-refractivity contribution in [2.45, 2.75) is 17.7 Å². The minimum Gasteiger partial charge on any atom is -0.457 e. The van der Waals surface area contributed by atoms with E-state index in [1.165, 1.54) is 22.8 Å². The van der Waals surface area contributed by atoms with Crippen LogP contribution in [0.4, 0.5) is 0 Å². The van der Waals surface area contributed by atoms with Crippen LogP contribution in [0.3, 0.4) is 0 Å². The van der Waals surface area contributed by atoms with Gasteiger partial charge in [-0.15, -0.1) is 0 Å². The molecule has 0 aliphatic carbocycles. The number of carbonyl (C=O) groups excluding carboxylic acids is 2. The number of hydrogen-bond acceptors (Lipinski definition) is 6. The lowest BCUT2D eigenvalue weighted by Gasteiger charge is -2.29. The molecule has 1 saturated heterocycles. The van der Waals surface area contributed by atoms with E-state index >= 15 is 0 Å². The highest BCUT2D eigenvalue weighted by atomic mass is 32.2. The maximum absolute atomic E-state index is 12.6. The van der Waals surface area contributed by atoms with Gasteiger partial charge in [0.2, 0.25) is 10.0 Å². The molecule has 0 spiro atoms. The van der Waals surface area contributed by atoms with Crippen LogP contribution in [0.25, 0.3) is 0 Å². The molecule has 1 aliphatic heterocycles. The van der Waals surface area contributed by atoms with Crippen LogP contribution in [-0.4, -0.2) is 49.2 Å². The van der Waals surface area contributed by atoms with E-state index in [1.807, 2.05) is 0 Å². The standard InChI is InChI=1S/C19H20N2O5S/c22-18(15-5-2-1-3-6-15)14-26-19(23)16-8-11-21(12-9-16)27(24,25)17-7-4-10-20-13-17/h1-7,10,13,16H,8-9,11-12,14H2. The van der Waals surface area contributed by atoms with Crippen LogP contribution in [0.2, 0.25) is 0 Å².